The van der Waals surface area contributed by atoms with Crippen molar-refractivity contribution in [1.29, 1.82) is 0 Å². The van der Waals surface area contributed by atoms with Gasteiger partial charge in [0, 0.05) is 12.2 Å². The minimum absolute atomic E-state index is 0.0103. The molecule has 2 aromatic rings. The quantitative estimate of drug-likeness (QED) is 0.846. The van der Waals surface area contributed by atoms with Crippen molar-refractivity contribution in [2.24, 2.45) is 0 Å². The first-order valence-electron chi connectivity index (χ1n) is 6.31. The SMILES string of the molecule is Cc1ccc(NCc2ccc(F)cc2C(F)(F)F)c(C)n1. The third kappa shape index (κ3) is 3.71. The molecule has 1 heterocycles. The van der Waals surface area contributed by atoms with Gasteiger partial charge in [-0.3, -0.25) is 4.98 Å². The summed E-state index contributed by atoms with van der Waals surface area (Å²) >= 11 is 0. The second-order valence-corrected chi connectivity index (χ2v) is 4.74. The number of nitrogens with one attached hydrogen (secondary N) is 1. The number of rotatable bonds is 3. The van der Waals surface area contributed by atoms with Crippen LogP contribution in [0.5, 0.6) is 0 Å². The van der Waals surface area contributed by atoms with E-state index in [9.17, 15) is 17.6 Å². The summed E-state index contributed by atoms with van der Waals surface area (Å²) in [6.45, 7) is 3.55. The predicted octanol–water partition coefficient (Wildman–Crippen LogP) is 4.47. The molecule has 2 rings (SSSR count). The average molecular weight is 298 g/mol. The second-order valence-electron chi connectivity index (χ2n) is 4.74. The molecule has 21 heavy (non-hydrogen) atoms. The van der Waals surface area contributed by atoms with Gasteiger partial charge >= 0.3 is 6.18 Å². The summed E-state index contributed by atoms with van der Waals surface area (Å²) in [4.78, 5) is 4.23. The van der Waals surface area contributed by atoms with E-state index in [-0.39, 0.29) is 12.1 Å². The Morgan fingerprint density at radius 1 is 1.10 bits per heavy atom. The number of alkyl halides is 3. The third-order valence-electron chi connectivity index (χ3n) is 3.07. The number of pyridine rings is 1. The van der Waals surface area contributed by atoms with Crippen molar-refractivity contribution in [3.63, 3.8) is 0 Å². The van der Waals surface area contributed by atoms with Gasteiger partial charge in [0.1, 0.15) is 5.82 Å². The first-order chi connectivity index (χ1) is 9.77. The first kappa shape index (κ1) is 15.3. The van der Waals surface area contributed by atoms with Gasteiger partial charge in [-0.15, -0.1) is 0 Å². The third-order valence-corrected chi connectivity index (χ3v) is 3.07. The van der Waals surface area contributed by atoms with Gasteiger partial charge < -0.3 is 5.32 Å². The minimum Gasteiger partial charge on any atom is -0.379 e. The van der Waals surface area contributed by atoms with Crippen LogP contribution in [0, 0.1) is 19.7 Å². The molecular weight excluding hydrogens is 284 g/mol. The molecule has 0 radical (unpaired) electrons. The van der Waals surface area contributed by atoms with Gasteiger partial charge in [0.05, 0.1) is 16.9 Å². The fourth-order valence-electron chi connectivity index (χ4n) is 2.03. The topological polar surface area (TPSA) is 24.9 Å². The zero-order chi connectivity index (χ0) is 15.6. The van der Waals surface area contributed by atoms with Crippen molar-refractivity contribution in [3.8, 4) is 0 Å². The molecule has 0 aliphatic carbocycles. The Labute approximate surface area is 119 Å². The van der Waals surface area contributed by atoms with Crippen LogP contribution < -0.4 is 5.32 Å². The predicted molar refractivity (Wildman–Crippen MR) is 72.4 cm³/mol. The van der Waals surface area contributed by atoms with Crippen LogP contribution in [0.2, 0.25) is 0 Å². The molecule has 0 amide bonds. The average Bonchev–Trinajstić information content (AvgIpc) is 2.38. The fraction of sp³-hybridized carbons (Fsp3) is 0.267. The maximum atomic E-state index is 13.0. The Morgan fingerprint density at radius 2 is 1.81 bits per heavy atom. The molecule has 0 unspecified atom stereocenters. The number of hydrogen-bond donors (Lipinski definition) is 1. The lowest BCUT2D eigenvalue weighted by Crippen LogP contribution is -2.13. The highest BCUT2D eigenvalue weighted by Gasteiger charge is 2.33. The lowest BCUT2D eigenvalue weighted by Gasteiger charge is -2.15. The molecule has 0 aliphatic rings. The molecular formula is C15H14F4N2. The summed E-state index contributed by atoms with van der Waals surface area (Å²) in [5.74, 6) is -0.903. The molecule has 0 bridgehead atoms. The molecule has 1 aromatic carbocycles. The highest BCUT2D eigenvalue weighted by Crippen LogP contribution is 2.33. The van der Waals surface area contributed by atoms with E-state index in [2.05, 4.69) is 10.3 Å². The fourth-order valence-corrected chi connectivity index (χ4v) is 2.03. The molecule has 0 saturated carbocycles. The Kier molecular flexibility index (Phi) is 4.16. The van der Waals surface area contributed by atoms with Gasteiger partial charge in [0.15, 0.2) is 0 Å². The number of nitrogens with zero attached hydrogens (tertiary/aromatic N) is 1. The largest absolute Gasteiger partial charge is 0.416 e. The molecule has 1 aromatic heterocycles. The van der Waals surface area contributed by atoms with Crippen molar-refractivity contribution in [3.05, 3.63) is 58.7 Å². The lowest BCUT2D eigenvalue weighted by atomic mass is 10.1. The standard InChI is InChI=1S/C15H14F4N2/c1-9-3-6-14(10(2)21-9)20-8-11-4-5-12(16)7-13(11)15(17,18)19/h3-7,20H,8H2,1-2H3. The van der Waals surface area contributed by atoms with Gasteiger partial charge in [0.2, 0.25) is 0 Å². The molecule has 0 spiro atoms. The maximum absolute atomic E-state index is 13.0. The molecule has 2 nitrogen and oxygen atoms in total. The van der Waals surface area contributed by atoms with E-state index in [1.54, 1.807) is 19.1 Å². The normalized spacial score (nSPS) is 11.5. The number of anilines is 1. The van der Waals surface area contributed by atoms with E-state index < -0.39 is 17.6 Å². The summed E-state index contributed by atoms with van der Waals surface area (Å²) < 4.78 is 51.7. The van der Waals surface area contributed by atoms with Crippen LogP contribution in [-0.4, -0.2) is 4.98 Å². The van der Waals surface area contributed by atoms with Gasteiger partial charge in [0.25, 0.3) is 0 Å². The van der Waals surface area contributed by atoms with Gasteiger partial charge in [-0.25, -0.2) is 4.39 Å². The Hall–Kier alpha value is -2.11. The van der Waals surface area contributed by atoms with Crippen LogP contribution in [-0.2, 0) is 12.7 Å². The van der Waals surface area contributed by atoms with Gasteiger partial charge in [-0.1, -0.05) is 6.07 Å². The monoisotopic (exact) mass is 298 g/mol. The van der Waals surface area contributed by atoms with Gasteiger partial charge in [-0.05, 0) is 43.7 Å². The first-order valence-corrected chi connectivity index (χ1v) is 6.31. The van der Waals surface area contributed by atoms with Crippen molar-refractivity contribution in [2.75, 3.05) is 5.32 Å². The zero-order valence-electron chi connectivity index (χ0n) is 11.6. The van der Waals surface area contributed by atoms with E-state index in [0.717, 1.165) is 17.8 Å². The van der Waals surface area contributed by atoms with Crippen LogP contribution in [0.25, 0.3) is 0 Å². The molecule has 1 N–H and O–H groups in total. The summed E-state index contributed by atoms with van der Waals surface area (Å²) in [5, 5.41) is 2.90. The van der Waals surface area contributed by atoms with Crippen LogP contribution >= 0.6 is 0 Å². The summed E-state index contributed by atoms with van der Waals surface area (Å²) in [6.07, 6.45) is -4.58. The summed E-state index contributed by atoms with van der Waals surface area (Å²) in [6, 6.07) is 6.20. The smallest absolute Gasteiger partial charge is 0.379 e. The summed E-state index contributed by atoms with van der Waals surface area (Å²) in [5.41, 5.74) is 1.20. The zero-order valence-corrected chi connectivity index (χ0v) is 11.6. The maximum Gasteiger partial charge on any atom is 0.416 e. The lowest BCUT2D eigenvalue weighted by molar-refractivity contribution is -0.138. The van der Waals surface area contributed by atoms with Crippen molar-refractivity contribution < 1.29 is 17.6 Å². The van der Waals surface area contributed by atoms with E-state index in [0.29, 0.717) is 17.4 Å². The number of aromatic nitrogens is 1. The highest BCUT2D eigenvalue weighted by molar-refractivity contribution is 5.48. The van der Waals surface area contributed by atoms with Gasteiger partial charge in [-0.2, -0.15) is 13.2 Å². The van der Waals surface area contributed by atoms with Crippen LogP contribution in [0.1, 0.15) is 22.5 Å². The summed E-state index contributed by atoms with van der Waals surface area (Å²) in [7, 11) is 0. The number of benzene rings is 1. The van der Waals surface area contributed by atoms with E-state index in [1.165, 1.54) is 0 Å². The van der Waals surface area contributed by atoms with Crippen LogP contribution in [0.3, 0.4) is 0 Å². The molecule has 0 saturated heterocycles. The van der Waals surface area contributed by atoms with Crippen molar-refractivity contribution in [2.45, 2.75) is 26.6 Å². The molecule has 112 valence electrons. The molecule has 0 atom stereocenters. The molecule has 6 heteroatoms. The number of aryl methyl sites for hydroxylation is 2. The Balaban J connectivity index is 2.24. The number of halogens is 4. The highest BCUT2D eigenvalue weighted by atomic mass is 19.4. The Morgan fingerprint density at radius 3 is 2.43 bits per heavy atom. The number of hydrogen-bond acceptors (Lipinski definition) is 2. The molecule has 0 aliphatic heterocycles. The molecule has 0 fully saturated rings. The second kappa shape index (κ2) is 5.71. The van der Waals surface area contributed by atoms with E-state index >= 15 is 0 Å². The minimum atomic E-state index is -4.58. The van der Waals surface area contributed by atoms with Crippen molar-refractivity contribution >= 4 is 5.69 Å². The van der Waals surface area contributed by atoms with E-state index in [1.807, 2.05) is 6.92 Å². The van der Waals surface area contributed by atoms with Crippen LogP contribution in [0.4, 0.5) is 23.2 Å². The van der Waals surface area contributed by atoms with E-state index in [4.69, 9.17) is 0 Å². The van der Waals surface area contributed by atoms with Crippen molar-refractivity contribution in [1.82, 2.24) is 4.98 Å². The van der Waals surface area contributed by atoms with Crippen LogP contribution in [0.15, 0.2) is 30.3 Å². The Bertz CT molecular complexity index is 651.